The van der Waals surface area contributed by atoms with Crippen molar-refractivity contribution >= 4 is 16.8 Å². The van der Waals surface area contributed by atoms with E-state index in [1.165, 1.54) is 16.9 Å². The summed E-state index contributed by atoms with van der Waals surface area (Å²) in [6.45, 7) is 1.68. The molecule has 8 heteroatoms. The number of fused-ring (bicyclic) bond motifs is 3. The molecule has 0 fully saturated rings. The van der Waals surface area contributed by atoms with Crippen LogP contribution in [0.2, 0.25) is 0 Å². The van der Waals surface area contributed by atoms with Crippen LogP contribution in [0.5, 0.6) is 0 Å². The van der Waals surface area contributed by atoms with E-state index >= 15 is 0 Å². The quantitative estimate of drug-likeness (QED) is 0.546. The molecule has 2 N–H and O–H groups in total. The van der Waals surface area contributed by atoms with Crippen LogP contribution >= 0.6 is 0 Å². The molecule has 29 heavy (non-hydrogen) atoms. The van der Waals surface area contributed by atoms with E-state index in [9.17, 15) is 14.4 Å². The van der Waals surface area contributed by atoms with Crippen molar-refractivity contribution in [3.63, 3.8) is 0 Å². The van der Waals surface area contributed by atoms with Crippen LogP contribution in [-0.2, 0) is 6.42 Å². The van der Waals surface area contributed by atoms with Crippen molar-refractivity contribution in [3.8, 4) is 5.95 Å². The smallest absolute Gasteiger partial charge is 0.283 e. The first-order valence-corrected chi connectivity index (χ1v) is 9.30. The maximum Gasteiger partial charge on any atom is 0.283 e. The summed E-state index contributed by atoms with van der Waals surface area (Å²) < 4.78 is 1.17. The van der Waals surface area contributed by atoms with Crippen molar-refractivity contribution in [2.45, 2.75) is 25.7 Å². The van der Waals surface area contributed by atoms with E-state index in [1.807, 2.05) is 30.3 Å². The molecule has 8 nitrogen and oxygen atoms in total. The number of hydrogen-bond acceptors (Lipinski definition) is 5. The van der Waals surface area contributed by atoms with Crippen LogP contribution in [0.25, 0.3) is 17.0 Å². The number of carbonyl (C=O) groups is 1. The Kier molecular flexibility index (Phi) is 3.80. The Morgan fingerprint density at radius 1 is 1.10 bits per heavy atom. The van der Waals surface area contributed by atoms with E-state index in [1.54, 1.807) is 6.92 Å². The highest BCUT2D eigenvalue weighted by molar-refractivity contribution is 6.02. The number of H-pyrrole nitrogens is 2. The first kappa shape index (κ1) is 17.3. The highest BCUT2D eigenvalue weighted by atomic mass is 16.1. The lowest BCUT2D eigenvalue weighted by Gasteiger charge is -2.23. The third-order valence-electron chi connectivity index (χ3n) is 5.34. The minimum atomic E-state index is -0.389. The molecule has 0 unspecified atom stereocenters. The molecule has 3 heterocycles. The summed E-state index contributed by atoms with van der Waals surface area (Å²) in [5, 5.41) is 3.26. The minimum Gasteiger partial charge on any atom is -0.294 e. The van der Waals surface area contributed by atoms with Crippen LogP contribution in [0.15, 0.2) is 52.2 Å². The van der Waals surface area contributed by atoms with Crippen molar-refractivity contribution in [3.05, 3.63) is 85.7 Å². The van der Waals surface area contributed by atoms with Crippen molar-refractivity contribution in [1.29, 1.82) is 0 Å². The monoisotopic (exact) mass is 387 g/mol. The second-order valence-corrected chi connectivity index (χ2v) is 7.28. The van der Waals surface area contributed by atoms with Crippen LogP contribution in [0.3, 0.4) is 0 Å². The Hall–Kier alpha value is -3.81. The van der Waals surface area contributed by atoms with Gasteiger partial charge in [-0.05, 0) is 30.4 Å². The largest absolute Gasteiger partial charge is 0.294 e. The maximum absolute atomic E-state index is 13.2. The normalized spacial score (nSPS) is 16.2. The number of pyridine rings is 1. The maximum atomic E-state index is 13.2. The van der Waals surface area contributed by atoms with E-state index in [0.29, 0.717) is 40.7 Å². The van der Waals surface area contributed by atoms with Gasteiger partial charge in [-0.2, -0.15) is 4.68 Å². The molecule has 0 saturated carbocycles. The molecule has 4 aromatic rings. The molecule has 1 atom stereocenters. The SMILES string of the molecule is Cc1cc(=O)[nH]c(-n2[nH]c3ncc4c(c3c2=O)C[C@@H](c2ccccc2)CC4=O)n1. The summed E-state index contributed by atoms with van der Waals surface area (Å²) in [6, 6.07) is 11.2. The van der Waals surface area contributed by atoms with E-state index in [4.69, 9.17) is 0 Å². The second-order valence-electron chi connectivity index (χ2n) is 7.28. The summed E-state index contributed by atoms with van der Waals surface area (Å²) in [5.74, 6) is 0.0682. The average Bonchev–Trinajstić information content (AvgIpc) is 3.05. The van der Waals surface area contributed by atoms with Gasteiger partial charge in [-0.1, -0.05) is 30.3 Å². The van der Waals surface area contributed by atoms with Gasteiger partial charge in [0.25, 0.3) is 11.1 Å². The lowest BCUT2D eigenvalue weighted by atomic mass is 9.79. The number of carbonyl (C=O) groups excluding carboxylic acids is 1. The van der Waals surface area contributed by atoms with E-state index in [-0.39, 0.29) is 28.8 Å². The lowest BCUT2D eigenvalue weighted by molar-refractivity contribution is 0.0964. The molecule has 1 aromatic carbocycles. The number of rotatable bonds is 2. The zero-order chi connectivity index (χ0) is 20.1. The van der Waals surface area contributed by atoms with Gasteiger partial charge in [0.1, 0.15) is 0 Å². The average molecular weight is 387 g/mol. The number of aryl methyl sites for hydroxylation is 1. The third-order valence-corrected chi connectivity index (χ3v) is 5.34. The Bertz CT molecular complexity index is 1380. The predicted octanol–water partition coefficient (Wildman–Crippen LogP) is 2.02. The number of hydrogen-bond donors (Lipinski definition) is 2. The molecular formula is C21H17N5O3. The van der Waals surface area contributed by atoms with E-state index in [2.05, 4.69) is 20.1 Å². The molecule has 0 saturated heterocycles. The van der Waals surface area contributed by atoms with Gasteiger partial charge in [0.05, 0.1) is 5.39 Å². The number of nitrogens with one attached hydrogen (secondary N) is 2. The Morgan fingerprint density at radius 3 is 2.66 bits per heavy atom. The molecule has 1 aliphatic carbocycles. The fraction of sp³-hybridized carbons (Fsp3) is 0.190. The summed E-state index contributed by atoms with van der Waals surface area (Å²) in [5.41, 5.74) is 2.35. The molecular weight excluding hydrogens is 370 g/mol. The number of nitrogens with zero attached hydrogens (tertiary/aromatic N) is 3. The van der Waals surface area contributed by atoms with Gasteiger partial charge in [0.15, 0.2) is 11.4 Å². The highest BCUT2D eigenvalue weighted by Gasteiger charge is 2.30. The number of aromatic amines is 2. The summed E-state index contributed by atoms with van der Waals surface area (Å²) in [6.07, 6.45) is 2.47. The highest BCUT2D eigenvalue weighted by Crippen LogP contribution is 2.34. The molecule has 1 aliphatic rings. The van der Waals surface area contributed by atoms with Crippen molar-refractivity contribution < 1.29 is 4.79 Å². The lowest BCUT2D eigenvalue weighted by Crippen LogP contribution is -2.24. The van der Waals surface area contributed by atoms with Gasteiger partial charge in [-0.15, -0.1) is 0 Å². The van der Waals surface area contributed by atoms with E-state index < -0.39 is 0 Å². The fourth-order valence-electron chi connectivity index (χ4n) is 4.02. The fourth-order valence-corrected chi connectivity index (χ4v) is 4.02. The molecule has 0 bridgehead atoms. The van der Waals surface area contributed by atoms with Gasteiger partial charge < -0.3 is 0 Å². The standard InChI is InChI=1S/C21H17N5O3/c1-11-7-17(28)24-21(23-11)26-20(29)18-14-8-13(12-5-3-2-4-6-12)9-16(27)15(14)10-22-19(18)25-26/h2-7,10,13H,8-9H2,1H3,(H,22,25)(H,23,24,28)/t13-/m1/s1. The molecule has 0 radical (unpaired) electrons. The minimum absolute atomic E-state index is 0.00134. The molecule has 3 aromatic heterocycles. The van der Waals surface area contributed by atoms with Crippen LogP contribution in [0.1, 0.15) is 39.5 Å². The Labute approximate surface area is 164 Å². The van der Waals surface area contributed by atoms with Crippen molar-refractivity contribution in [1.82, 2.24) is 24.7 Å². The Morgan fingerprint density at radius 2 is 1.90 bits per heavy atom. The molecule has 5 rings (SSSR count). The van der Waals surface area contributed by atoms with Crippen LogP contribution in [-0.4, -0.2) is 30.5 Å². The van der Waals surface area contributed by atoms with Gasteiger partial charge in [-0.3, -0.25) is 24.5 Å². The Balaban J connectivity index is 1.71. The van der Waals surface area contributed by atoms with E-state index in [0.717, 1.165) is 5.56 Å². The molecule has 144 valence electrons. The summed E-state index contributed by atoms with van der Waals surface area (Å²) in [7, 11) is 0. The number of ketones is 1. The van der Waals surface area contributed by atoms with Crippen LogP contribution in [0, 0.1) is 6.92 Å². The number of Topliss-reactive ketones (excluding diaryl/α,β-unsaturated/α-hetero) is 1. The first-order valence-electron chi connectivity index (χ1n) is 9.30. The summed E-state index contributed by atoms with van der Waals surface area (Å²) >= 11 is 0. The second kappa shape index (κ2) is 6.37. The van der Waals surface area contributed by atoms with Crippen molar-refractivity contribution in [2.24, 2.45) is 0 Å². The predicted molar refractivity (Wildman–Crippen MR) is 107 cm³/mol. The number of aromatic nitrogens is 5. The molecule has 0 aliphatic heterocycles. The topological polar surface area (TPSA) is 113 Å². The van der Waals surface area contributed by atoms with Crippen LogP contribution < -0.4 is 11.1 Å². The molecule has 0 amide bonds. The third kappa shape index (κ3) is 2.80. The summed E-state index contributed by atoms with van der Waals surface area (Å²) in [4.78, 5) is 48.8. The van der Waals surface area contributed by atoms with Crippen molar-refractivity contribution in [2.75, 3.05) is 0 Å². The van der Waals surface area contributed by atoms with Gasteiger partial charge in [0, 0.05) is 29.9 Å². The molecule has 0 spiro atoms. The van der Waals surface area contributed by atoms with Crippen LogP contribution in [0.4, 0.5) is 0 Å². The first-order chi connectivity index (χ1) is 14.0. The van der Waals surface area contributed by atoms with Gasteiger partial charge in [0.2, 0.25) is 5.95 Å². The zero-order valence-corrected chi connectivity index (χ0v) is 15.6. The zero-order valence-electron chi connectivity index (χ0n) is 15.6. The van der Waals surface area contributed by atoms with Gasteiger partial charge in [-0.25, -0.2) is 9.97 Å². The van der Waals surface area contributed by atoms with Gasteiger partial charge >= 0.3 is 0 Å². The number of benzene rings is 1.